The van der Waals surface area contributed by atoms with Gasteiger partial charge in [0.25, 0.3) is 0 Å². The maximum absolute atomic E-state index is 11.1. The fourth-order valence-electron chi connectivity index (χ4n) is 4.79. The van der Waals surface area contributed by atoms with Gasteiger partial charge >= 0.3 is 0 Å². The first-order chi connectivity index (χ1) is 17.6. The largest absolute Gasteiger partial charge is 0.359 e. The number of aromatic amines is 1. The Morgan fingerprint density at radius 2 is 2.11 bits per heavy atom. The minimum Gasteiger partial charge on any atom is -0.359 e. The van der Waals surface area contributed by atoms with Crippen molar-refractivity contribution in [2.45, 2.75) is 38.5 Å². The van der Waals surface area contributed by atoms with Crippen molar-refractivity contribution in [1.82, 2.24) is 20.3 Å². The molecule has 2 unspecified atom stereocenters. The molecule has 0 amide bonds. The van der Waals surface area contributed by atoms with Crippen molar-refractivity contribution in [1.29, 1.82) is 5.26 Å². The maximum Gasteiger partial charge on any atom is 0.169 e. The van der Waals surface area contributed by atoms with E-state index < -0.39 is 0 Å². The van der Waals surface area contributed by atoms with Gasteiger partial charge in [-0.15, -0.1) is 11.3 Å². The summed E-state index contributed by atoms with van der Waals surface area (Å²) in [6.07, 6.45) is 8.09. The van der Waals surface area contributed by atoms with E-state index in [1.54, 1.807) is 5.38 Å². The van der Waals surface area contributed by atoms with E-state index in [0.29, 0.717) is 5.69 Å². The van der Waals surface area contributed by atoms with Crippen molar-refractivity contribution < 1.29 is 4.79 Å². The average molecular weight is 498 g/mol. The highest BCUT2D eigenvalue weighted by Crippen LogP contribution is 2.37. The number of H-pyrrole nitrogens is 1. The van der Waals surface area contributed by atoms with Gasteiger partial charge in [0.2, 0.25) is 0 Å². The molecule has 184 valence electrons. The third-order valence-corrected chi connectivity index (χ3v) is 7.61. The minimum absolute atomic E-state index is 0.158. The molecule has 6 nitrogen and oxygen atoms in total. The predicted molar refractivity (Wildman–Crippen MR) is 147 cm³/mol. The molecule has 0 fully saturated rings. The molecule has 0 saturated heterocycles. The number of nitriles is 1. The second kappa shape index (κ2) is 11.9. The van der Waals surface area contributed by atoms with Crippen LogP contribution in [-0.2, 0) is 6.42 Å². The predicted octanol–water partition coefficient (Wildman–Crippen LogP) is 6.39. The maximum atomic E-state index is 11.1. The van der Waals surface area contributed by atoms with Gasteiger partial charge in [-0.3, -0.25) is 9.78 Å². The normalized spacial score (nSPS) is 12.8. The van der Waals surface area contributed by atoms with Crippen LogP contribution in [0.25, 0.3) is 27.2 Å². The number of pyridine rings is 1. The molecule has 0 aliphatic rings. The van der Waals surface area contributed by atoms with Gasteiger partial charge in [-0.2, -0.15) is 5.26 Å². The van der Waals surface area contributed by atoms with Gasteiger partial charge in [-0.05, 0) is 61.9 Å². The second-order valence-corrected chi connectivity index (χ2v) is 9.80. The number of aryl methyl sites for hydroxylation is 1. The Morgan fingerprint density at radius 3 is 2.78 bits per heavy atom. The van der Waals surface area contributed by atoms with Crippen LogP contribution in [0.1, 0.15) is 59.3 Å². The number of hydrogen-bond donors (Lipinski definition) is 2. The van der Waals surface area contributed by atoms with Crippen molar-refractivity contribution in [3.8, 4) is 16.8 Å². The first kappa shape index (κ1) is 25.5. The van der Waals surface area contributed by atoms with E-state index in [4.69, 9.17) is 0 Å². The summed E-state index contributed by atoms with van der Waals surface area (Å²) in [5.74, 6) is 0.0565. The summed E-state index contributed by atoms with van der Waals surface area (Å²) in [5, 5.41) is 16.9. The number of aldehydes is 1. The number of aromatic nitrogens is 3. The summed E-state index contributed by atoms with van der Waals surface area (Å²) in [7, 11) is 1.95. The van der Waals surface area contributed by atoms with Crippen molar-refractivity contribution >= 4 is 34.1 Å². The quantitative estimate of drug-likeness (QED) is 0.221. The number of carbonyl (C=O) groups excluding carboxylic acids is 1. The Hall–Kier alpha value is -3.60. The molecule has 0 spiro atoms. The fraction of sp³-hybridized carbons (Fsp3) is 0.310. The molecule has 1 aromatic carbocycles. The number of carbonyl (C=O) groups is 1. The first-order valence-electron chi connectivity index (χ1n) is 12.3. The standard InChI is InChI=1S/C29H31N5OS/c1-4-20-15-32-28(29-34-23(17-35)18-36-29)27-26(20)25(16-33-27)19(2)10-11-22(12-13-31-3)24(14-30)21-8-6-5-7-9-21/h5-9,15-18,22,24,31,33H,2,4,10-13H2,1,3H3. The Bertz CT molecular complexity index is 1380. The van der Waals surface area contributed by atoms with Gasteiger partial charge in [-0.25, -0.2) is 4.98 Å². The molecule has 0 saturated carbocycles. The molecule has 3 aromatic heterocycles. The Morgan fingerprint density at radius 1 is 1.31 bits per heavy atom. The molecular formula is C29H31N5OS. The molecule has 0 bridgehead atoms. The monoisotopic (exact) mass is 497 g/mol. The van der Waals surface area contributed by atoms with Crippen molar-refractivity contribution in [2.75, 3.05) is 13.6 Å². The molecule has 0 aliphatic carbocycles. The lowest BCUT2D eigenvalue weighted by atomic mass is 9.81. The summed E-state index contributed by atoms with van der Waals surface area (Å²) in [6, 6.07) is 12.6. The summed E-state index contributed by atoms with van der Waals surface area (Å²) in [6.45, 7) is 7.44. The number of allylic oxidation sites excluding steroid dienone is 1. The third kappa shape index (κ3) is 5.30. The highest BCUT2D eigenvalue weighted by atomic mass is 32.1. The van der Waals surface area contributed by atoms with Gasteiger partial charge in [0.1, 0.15) is 16.4 Å². The zero-order valence-electron chi connectivity index (χ0n) is 20.8. The van der Waals surface area contributed by atoms with Gasteiger partial charge in [0.15, 0.2) is 6.29 Å². The first-order valence-corrected chi connectivity index (χ1v) is 13.2. The van der Waals surface area contributed by atoms with Crippen molar-refractivity contribution in [2.24, 2.45) is 5.92 Å². The summed E-state index contributed by atoms with van der Waals surface area (Å²) < 4.78 is 0. The fourth-order valence-corrected chi connectivity index (χ4v) is 5.55. The van der Waals surface area contributed by atoms with Crippen molar-refractivity contribution in [3.05, 3.63) is 77.1 Å². The number of hydrogen-bond acceptors (Lipinski definition) is 6. The summed E-state index contributed by atoms with van der Waals surface area (Å²) in [5.41, 5.74) is 6.42. The topological polar surface area (TPSA) is 94.5 Å². The van der Waals surface area contributed by atoms with Crippen LogP contribution in [0.3, 0.4) is 0 Å². The molecule has 0 radical (unpaired) electrons. The number of rotatable bonds is 12. The molecule has 4 rings (SSSR count). The van der Waals surface area contributed by atoms with E-state index in [2.05, 4.69) is 39.8 Å². The molecule has 36 heavy (non-hydrogen) atoms. The average Bonchev–Trinajstić information content (AvgIpc) is 3.58. The van der Waals surface area contributed by atoms with Gasteiger partial charge in [0.05, 0.1) is 17.5 Å². The molecule has 4 aromatic rings. The highest BCUT2D eigenvalue weighted by molar-refractivity contribution is 7.13. The lowest BCUT2D eigenvalue weighted by Crippen LogP contribution is -2.18. The van der Waals surface area contributed by atoms with Crippen LogP contribution in [0.5, 0.6) is 0 Å². The van der Waals surface area contributed by atoms with E-state index >= 15 is 0 Å². The molecular weight excluding hydrogens is 466 g/mol. The lowest BCUT2D eigenvalue weighted by Gasteiger charge is -2.23. The van der Waals surface area contributed by atoms with Crippen LogP contribution in [0, 0.1) is 17.2 Å². The molecule has 2 N–H and O–H groups in total. The van der Waals surface area contributed by atoms with E-state index in [1.807, 2.05) is 49.8 Å². The van der Waals surface area contributed by atoms with E-state index in [-0.39, 0.29) is 11.8 Å². The van der Waals surface area contributed by atoms with Crippen LogP contribution in [0.2, 0.25) is 0 Å². The molecule has 0 aliphatic heterocycles. The van der Waals surface area contributed by atoms with Gasteiger partial charge in [-0.1, -0.05) is 43.8 Å². The van der Waals surface area contributed by atoms with E-state index in [1.165, 1.54) is 11.3 Å². The second-order valence-electron chi connectivity index (χ2n) is 8.95. The minimum atomic E-state index is -0.158. The van der Waals surface area contributed by atoms with Crippen LogP contribution >= 0.6 is 11.3 Å². The lowest BCUT2D eigenvalue weighted by molar-refractivity contribution is 0.111. The van der Waals surface area contributed by atoms with Crippen LogP contribution < -0.4 is 5.32 Å². The number of fused-ring (bicyclic) bond motifs is 1. The Balaban J connectivity index is 1.62. The third-order valence-electron chi connectivity index (χ3n) is 6.75. The summed E-state index contributed by atoms with van der Waals surface area (Å²) >= 11 is 1.41. The van der Waals surface area contributed by atoms with Gasteiger partial charge < -0.3 is 10.3 Å². The van der Waals surface area contributed by atoms with E-state index in [9.17, 15) is 10.1 Å². The van der Waals surface area contributed by atoms with Gasteiger partial charge in [0, 0.05) is 28.7 Å². The highest BCUT2D eigenvalue weighted by Gasteiger charge is 2.24. The smallest absolute Gasteiger partial charge is 0.169 e. The SMILES string of the molecule is C=C(CCC(CCNC)C(C#N)c1ccccc1)c1c[nH]c2c(-c3nc(C=O)cs3)ncc(CC)c12. The van der Waals surface area contributed by atoms with Crippen LogP contribution in [-0.4, -0.2) is 34.8 Å². The number of nitrogens with zero attached hydrogens (tertiary/aromatic N) is 3. The Labute approximate surface area is 216 Å². The van der Waals surface area contributed by atoms with E-state index in [0.717, 1.165) is 82.4 Å². The molecule has 3 heterocycles. The zero-order chi connectivity index (χ0) is 25.5. The Kier molecular flexibility index (Phi) is 8.42. The number of nitrogens with one attached hydrogen (secondary N) is 2. The molecule has 2 atom stereocenters. The zero-order valence-corrected chi connectivity index (χ0v) is 21.6. The van der Waals surface area contributed by atoms with Crippen molar-refractivity contribution in [3.63, 3.8) is 0 Å². The number of thiazole rings is 1. The van der Waals surface area contributed by atoms with Crippen LogP contribution in [0.15, 0.2) is 54.7 Å². The van der Waals surface area contributed by atoms with Crippen LogP contribution in [0.4, 0.5) is 0 Å². The molecule has 7 heteroatoms. The number of benzene rings is 1. The summed E-state index contributed by atoms with van der Waals surface area (Å²) in [4.78, 5) is 23.6.